The molecule has 1 saturated carbocycles. The highest BCUT2D eigenvalue weighted by Gasteiger charge is 2.47. The summed E-state index contributed by atoms with van der Waals surface area (Å²) in [6.45, 7) is -0.738. The number of ether oxygens (including phenoxy) is 1. The zero-order chi connectivity index (χ0) is 10.8. The average molecular weight is 234 g/mol. The number of hydrogen-bond acceptors (Lipinski definition) is 4. The third-order valence-electron chi connectivity index (χ3n) is 1.48. The zero-order valence-corrected chi connectivity index (χ0v) is 7.90. The summed E-state index contributed by atoms with van der Waals surface area (Å²) in [6, 6.07) is 0. The Morgan fingerprint density at radius 1 is 1.21 bits per heavy atom. The monoisotopic (exact) mass is 234 g/mol. The molecule has 0 aromatic rings. The second kappa shape index (κ2) is 4.03. The lowest BCUT2D eigenvalue weighted by Gasteiger charge is -2.07. The largest absolute Gasteiger partial charge is 0.523 e. The van der Waals surface area contributed by atoms with Crippen LogP contribution in [-0.4, -0.2) is 33.2 Å². The molecule has 1 fully saturated rings. The van der Waals surface area contributed by atoms with Crippen molar-refractivity contribution in [3.63, 3.8) is 0 Å². The third kappa shape index (κ3) is 3.43. The second-order valence-electron chi connectivity index (χ2n) is 2.79. The summed E-state index contributed by atoms with van der Waals surface area (Å²) in [4.78, 5) is 0. The van der Waals surface area contributed by atoms with Crippen LogP contribution in [0.2, 0.25) is 0 Å². The van der Waals surface area contributed by atoms with Gasteiger partial charge in [-0.15, -0.1) is 0 Å². The van der Waals surface area contributed by atoms with Crippen molar-refractivity contribution in [2.24, 2.45) is 0 Å². The van der Waals surface area contributed by atoms with Crippen molar-refractivity contribution in [1.82, 2.24) is 0 Å². The number of hydrogen-bond donors (Lipinski definition) is 0. The van der Waals surface area contributed by atoms with Crippen LogP contribution in [-0.2, 0) is 19.0 Å². The van der Waals surface area contributed by atoms with Gasteiger partial charge in [-0.3, -0.25) is 4.18 Å². The molecule has 0 aromatic carbocycles. The number of alkyl halides is 3. The molecule has 0 aliphatic heterocycles. The molecule has 0 saturated heterocycles. The Morgan fingerprint density at radius 2 is 1.79 bits per heavy atom. The van der Waals surface area contributed by atoms with Crippen molar-refractivity contribution in [3.8, 4) is 0 Å². The fourth-order valence-corrected chi connectivity index (χ4v) is 1.08. The van der Waals surface area contributed by atoms with E-state index in [1.807, 2.05) is 0 Å². The molecule has 4 nitrogen and oxygen atoms in total. The van der Waals surface area contributed by atoms with E-state index in [-0.39, 0.29) is 12.7 Å². The van der Waals surface area contributed by atoms with Gasteiger partial charge in [0.05, 0.1) is 19.3 Å². The smallest absolute Gasteiger partial charge is 0.376 e. The van der Waals surface area contributed by atoms with Crippen molar-refractivity contribution >= 4 is 10.1 Å². The van der Waals surface area contributed by atoms with Crippen LogP contribution in [0.15, 0.2) is 0 Å². The summed E-state index contributed by atoms with van der Waals surface area (Å²) in [5.74, 6) is 0. The first kappa shape index (κ1) is 11.7. The van der Waals surface area contributed by atoms with Gasteiger partial charge in [0.1, 0.15) is 0 Å². The Hall–Kier alpha value is -0.340. The van der Waals surface area contributed by atoms with Crippen LogP contribution in [0, 0.1) is 0 Å². The fourth-order valence-electron chi connectivity index (χ4n) is 0.660. The minimum absolute atomic E-state index is 0.0622. The Balaban J connectivity index is 2.21. The Labute approximate surface area is 79.1 Å². The normalized spacial score (nSPS) is 18.5. The van der Waals surface area contributed by atoms with E-state index in [1.54, 1.807) is 0 Å². The van der Waals surface area contributed by atoms with E-state index in [0.29, 0.717) is 0 Å². The molecular weight excluding hydrogens is 225 g/mol. The highest BCUT2D eigenvalue weighted by atomic mass is 32.2. The Bertz CT molecular complexity index is 280. The minimum Gasteiger partial charge on any atom is -0.376 e. The van der Waals surface area contributed by atoms with Crippen LogP contribution in [0.1, 0.15) is 12.8 Å². The van der Waals surface area contributed by atoms with Gasteiger partial charge in [0.15, 0.2) is 0 Å². The molecule has 1 aliphatic rings. The van der Waals surface area contributed by atoms with E-state index in [1.165, 1.54) is 0 Å². The van der Waals surface area contributed by atoms with Gasteiger partial charge in [-0.1, -0.05) is 0 Å². The van der Waals surface area contributed by atoms with Gasteiger partial charge in [0.25, 0.3) is 0 Å². The predicted octanol–water partition coefficient (Wildman–Crippen LogP) is 1.03. The van der Waals surface area contributed by atoms with Crippen molar-refractivity contribution in [1.29, 1.82) is 0 Å². The van der Waals surface area contributed by atoms with E-state index in [0.717, 1.165) is 12.8 Å². The standard InChI is InChI=1S/C6H9F3O4S/c7-6(8,9)14(10,11)13-4-3-12-5-1-2-5/h5H,1-4H2. The molecule has 0 spiro atoms. The van der Waals surface area contributed by atoms with E-state index in [2.05, 4.69) is 4.18 Å². The lowest BCUT2D eigenvalue weighted by molar-refractivity contribution is -0.0556. The minimum atomic E-state index is -5.46. The van der Waals surface area contributed by atoms with Gasteiger partial charge in [-0.05, 0) is 12.8 Å². The molecular formula is C6H9F3O4S. The molecule has 0 amide bonds. The van der Waals surface area contributed by atoms with E-state index < -0.39 is 22.2 Å². The summed E-state index contributed by atoms with van der Waals surface area (Å²) in [5.41, 5.74) is -5.35. The molecule has 0 unspecified atom stereocenters. The van der Waals surface area contributed by atoms with Gasteiger partial charge in [-0.25, -0.2) is 0 Å². The second-order valence-corrected chi connectivity index (χ2v) is 4.40. The average Bonchev–Trinajstić information content (AvgIpc) is 2.79. The van der Waals surface area contributed by atoms with Crippen LogP contribution >= 0.6 is 0 Å². The SMILES string of the molecule is O=S(=O)(OCCOC1CC1)C(F)(F)F. The summed E-state index contributed by atoms with van der Waals surface area (Å²) >= 11 is 0. The first-order chi connectivity index (χ1) is 6.33. The van der Waals surface area contributed by atoms with Crippen LogP contribution in [0.4, 0.5) is 13.2 Å². The maximum absolute atomic E-state index is 11.7. The van der Waals surface area contributed by atoms with Gasteiger partial charge in [0, 0.05) is 0 Å². The molecule has 0 aromatic heterocycles. The van der Waals surface area contributed by atoms with Crippen LogP contribution in [0.5, 0.6) is 0 Å². The maximum Gasteiger partial charge on any atom is 0.523 e. The molecule has 14 heavy (non-hydrogen) atoms. The lowest BCUT2D eigenvalue weighted by Crippen LogP contribution is -2.26. The Kier molecular flexibility index (Phi) is 3.38. The quantitative estimate of drug-likeness (QED) is 0.405. The van der Waals surface area contributed by atoms with E-state index in [4.69, 9.17) is 4.74 Å². The number of halogens is 3. The maximum atomic E-state index is 11.7. The molecule has 8 heteroatoms. The first-order valence-electron chi connectivity index (χ1n) is 3.90. The van der Waals surface area contributed by atoms with Crippen LogP contribution in [0.3, 0.4) is 0 Å². The Morgan fingerprint density at radius 3 is 2.21 bits per heavy atom. The summed E-state index contributed by atoms with van der Waals surface area (Å²) in [5, 5.41) is 0. The number of rotatable bonds is 5. The molecule has 0 atom stereocenters. The molecule has 0 radical (unpaired) electrons. The van der Waals surface area contributed by atoms with Gasteiger partial charge < -0.3 is 4.74 Å². The summed E-state index contributed by atoms with van der Waals surface area (Å²) in [6.07, 6.45) is 1.80. The summed E-state index contributed by atoms with van der Waals surface area (Å²) in [7, 11) is -5.46. The molecule has 0 bridgehead atoms. The van der Waals surface area contributed by atoms with E-state index in [9.17, 15) is 21.6 Å². The van der Waals surface area contributed by atoms with Crippen molar-refractivity contribution in [2.75, 3.05) is 13.2 Å². The van der Waals surface area contributed by atoms with Gasteiger partial charge in [-0.2, -0.15) is 21.6 Å². The highest BCUT2D eigenvalue weighted by molar-refractivity contribution is 7.87. The lowest BCUT2D eigenvalue weighted by atomic mass is 10.7. The molecule has 0 N–H and O–H groups in total. The molecule has 84 valence electrons. The topological polar surface area (TPSA) is 52.6 Å². The fraction of sp³-hybridized carbons (Fsp3) is 1.00. The van der Waals surface area contributed by atoms with Gasteiger partial charge in [0.2, 0.25) is 0 Å². The van der Waals surface area contributed by atoms with Crippen LogP contribution < -0.4 is 0 Å². The predicted molar refractivity (Wildman–Crippen MR) is 39.9 cm³/mol. The highest BCUT2D eigenvalue weighted by Crippen LogP contribution is 2.25. The molecule has 1 aliphatic carbocycles. The summed E-state index contributed by atoms with van der Waals surface area (Å²) < 4.78 is 64.3. The zero-order valence-electron chi connectivity index (χ0n) is 7.08. The first-order valence-corrected chi connectivity index (χ1v) is 5.31. The van der Waals surface area contributed by atoms with E-state index >= 15 is 0 Å². The van der Waals surface area contributed by atoms with Gasteiger partial charge >= 0.3 is 15.6 Å². The molecule has 0 heterocycles. The molecule has 1 rings (SSSR count). The third-order valence-corrected chi connectivity index (χ3v) is 2.53. The van der Waals surface area contributed by atoms with Crippen molar-refractivity contribution in [3.05, 3.63) is 0 Å². The van der Waals surface area contributed by atoms with Crippen LogP contribution in [0.25, 0.3) is 0 Å². The van der Waals surface area contributed by atoms with Crippen molar-refractivity contribution in [2.45, 2.75) is 24.5 Å². The van der Waals surface area contributed by atoms with Crippen molar-refractivity contribution < 1.29 is 30.5 Å².